The van der Waals surface area contributed by atoms with Crippen LogP contribution in [0.1, 0.15) is 44.5 Å². The molecule has 6 nitrogen and oxygen atoms in total. The summed E-state index contributed by atoms with van der Waals surface area (Å²) in [5.74, 6) is 1.43. The fraction of sp³-hybridized carbons (Fsp3) is 0.824. The molecular formula is C17H29N5O. The second-order valence-electron chi connectivity index (χ2n) is 6.68. The highest BCUT2D eigenvalue weighted by Crippen LogP contribution is 2.19. The van der Waals surface area contributed by atoms with Gasteiger partial charge in [-0.25, -0.2) is 4.98 Å². The van der Waals surface area contributed by atoms with Crippen molar-refractivity contribution in [2.24, 2.45) is 5.92 Å². The van der Waals surface area contributed by atoms with Gasteiger partial charge in [0.1, 0.15) is 0 Å². The van der Waals surface area contributed by atoms with E-state index in [-0.39, 0.29) is 0 Å². The fourth-order valence-electron chi connectivity index (χ4n) is 3.53. The molecule has 0 saturated carbocycles. The molecule has 0 amide bonds. The standard InChI is InChI=1S/C17H29N5O/c1-3-15-16(4-2)20-21-17(19-15)18-14-5-8-22(9-6-14)11-13-7-10-23-12-13/h13-14H,3-12H2,1-2H3,(H,18,19,21). The minimum atomic E-state index is 0.463. The van der Waals surface area contributed by atoms with Crippen LogP contribution in [0.4, 0.5) is 5.95 Å². The highest BCUT2D eigenvalue weighted by Gasteiger charge is 2.24. The number of piperidine rings is 1. The van der Waals surface area contributed by atoms with Gasteiger partial charge in [0.25, 0.3) is 0 Å². The molecule has 2 aliphatic rings. The van der Waals surface area contributed by atoms with Crippen molar-refractivity contribution >= 4 is 5.95 Å². The summed E-state index contributed by atoms with van der Waals surface area (Å²) >= 11 is 0. The minimum absolute atomic E-state index is 0.463. The largest absolute Gasteiger partial charge is 0.381 e. The Labute approximate surface area is 139 Å². The zero-order chi connectivity index (χ0) is 16.1. The highest BCUT2D eigenvalue weighted by molar-refractivity contribution is 5.27. The lowest BCUT2D eigenvalue weighted by molar-refractivity contribution is 0.154. The number of ether oxygens (including phenoxy) is 1. The summed E-state index contributed by atoms with van der Waals surface area (Å²) in [5.41, 5.74) is 2.09. The Morgan fingerprint density at radius 3 is 2.52 bits per heavy atom. The summed E-state index contributed by atoms with van der Waals surface area (Å²) < 4.78 is 5.48. The molecule has 6 heteroatoms. The summed E-state index contributed by atoms with van der Waals surface area (Å²) in [6.45, 7) is 9.60. The first-order chi connectivity index (χ1) is 11.3. The molecular weight excluding hydrogens is 290 g/mol. The van der Waals surface area contributed by atoms with Gasteiger partial charge in [0, 0.05) is 32.3 Å². The molecule has 23 heavy (non-hydrogen) atoms. The maximum Gasteiger partial charge on any atom is 0.243 e. The molecule has 0 bridgehead atoms. The van der Waals surface area contributed by atoms with Crippen molar-refractivity contribution in [2.75, 3.05) is 38.2 Å². The maximum absolute atomic E-state index is 5.48. The second-order valence-corrected chi connectivity index (χ2v) is 6.68. The number of aromatic nitrogens is 3. The van der Waals surface area contributed by atoms with Crippen molar-refractivity contribution in [3.8, 4) is 0 Å². The van der Waals surface area contributed by atoms with Gasteiger partial charge in [-0.05, 0) is 38.0 Å². The monoisotopic (exact) mass is 319 g/mol. The maximum atomic E-state index is 5.48. The molecule has 0 radical (unpaired) electrons. The third-order valence-corrected chi connectivity index (χ3v) is 4.97. The quantitative estimate of drug-likeness (QED) is 0.864. The number of anilines is 1. The lowest BCUT2D eigenvalue weighted by Gasteiger charge is -2.33. The van der Waals surface area contributed by atoms with Crippen LogP contribution in [-0.2, 0) is 17.6 Å². The molecule has 0 spiro atoms. The Balaban J connectivity index is 1.48. The molecule has 1 aromatic heterocycles. The summed E-state index contributed by atoms with van der Waals surface area (Å²) in [4.78, 5) is 7.22. The van der Waals surface area contributed by atoms with Gasteiger partial charge >= 0.3 is 0 Å². The minimum Gasteiger partial charge on any atom is -0.381 e. The summed E-state index contributed by atoms with van der Waals surface area (Å²) in [6.07, 6.45) is 5.32. The molecule has 1 N–H and O–H groups in total. The van der Waals surface area contributed by atoms with Crippen LogP contribution < -0.4 is 5.32 Å². The predicted octanol–water partition coefficient (Wildman–Crippen LogP) is 1.91. The van der Waals surface area contributed by atoms with Crippen LogP contribution in [0.25, 0.3) is 0 Å². The molecule has 2 aliphatic heterocycles. The van der Waals surface area contributed by atoms with Gasteiger partial charge in [0.2, 0.25) is 5.95 Å². The number of rotatable bonds is 6. The molecule has 128 valence electrons. The molecule has 2 saturated heterocycles. The van der Waals surface area contributed by atoms with Gasteiger partial charge in [-0.1, -0.05) is 13.8 Å². The number of nitrogens with zero attached hydrogens (tertiary/aromatic N) is 4. The SMILES string of the molecule is CCc1nnc(NC2CCN(CC3CCOC3)CC2)nc1CC. The number of hydrogen-bond donors (Lipinski definition) is 1. The second kappa shape index (κ2) is 8.02. The number of nitrogens with one attached hydrogen (secondary N) is 1. The van der Waals surface area contributed by atoms with Crippen LogP contribution in [0.5, 0.6) is 0 Å². The van der Waals surface area contributed by atoms with Crippen LogP contribution in [0, 0.1) is 5.92 Å². The Kier molecular flexibility index (Phi) is 5.78. The third kappa shape index (κ3) is 4.38. The molecule has 1 aromatic rings. The van der Waals surface area contributed by atoms with Gasteiger partial charge < -0.3 is 15.0 Å². The molecule has 3 rings (SSSR count). The van der Waals surface area contributed by atoms with Crippen LogP contribution in [-0.4, -0.2) is 59.0 Å². The van der Waals surface area contributed by atoms with E-state index in [1.807, 2.05) is 0 Å². The number of hydrogen-bond acceptors (Lipinski definition) is 6. The van der Waals surface area contributed by atoms with Crippen molar-refractivity contribution in [2.45, 2.75) is 52.0 Å². The Hall–Kier alpha value is -1.27. The molecule has 0 aromatic carbocycles. The Bertz CT molecular complexity index is 496. The van der Waals surface area contributed by atoms with Crippen LogP contribution in [0.2, 0.25) is 0 Å². The highest BCUT2D eigenvalue weighted by atomic mass is 16.5. The third-order valence-electron chi connectivity index (χ3n) is 4.97. The predicted molar refractivity (Wildman–Crippen MR) is 90.6 cm³/mol. The Morgan fingerprint density at radius 2 is 1.87 bits per heavy atom. The van der Waals surface area contributed by atoms with Crippen LogP contribution >= 0.6 is 0 Å². The first-order valence-corrected chi connectivity index (χ1v) is 9.07. The summed E-state index contributed by atoms with van der Waals surface area (Å²) in [5, 5.41) is 12.1. The van der Waals surface area contributed by atoms with Crippen molar-refractivity contribution in [3.63, 3.8) is 0 Å². The summed E-state index contributed by atoms with van der Waals surface area (Å²) in [6, 6.07) is 0.463. The van der Waals surface area contributed by atoms with Gasteiger partial charge in [0.15, 0.2) is 0 Å². The smallest absolute Gasteiger partial charge is 0.243 e. The lowest BCUT2D eigenvalue weighted by atomic mass is 10.0. The van der Waals surface area contributed by atoms with E-state index in [0.717, 1.165) is 69.3 Å². The van der Waals surface area contributed by atoms with Crippen molar-refractivity contribution < 1.29 is 4.74 Å². The average Bonchev–Trinajstić information content (AvgIpc) is 3.09. The van der Waals surface area contributed by atoms with Crippen LogP contribution in [0.3, 0.4) is 0 Å². The van der Waals surface area contributed by atoms with Crippen molar-refractivity contribution in [3.05, 3.63) is 11.4 Å². The Morgan fingerprint density at radius 1 is 1.09 bits per heavy atom. The van der Waals surface area contributed by atoms with Gasteiger partial charge in [-0.2, -0.15) is 5.10 Å². The first-order valence-electron chi connectivity index (χ1n) is 9.07. The van der Waals surface area contributed by atoms with E-state index in [4.69, 9.17) is 4.74 Å². The lowest BCUT2D eigenvalue weighted by Crippen LogP contribution is -2.41. The van der Waals surface area contributed by atoms with Gasteiger partial charge in [-0.15, -0.1) is 5.10 Å². The normalized spacial score (nSPS) is 23.3. The van der Waals surface area contributed by atoms with Crippen molar-refractivity contribution in [1.82, 2.24) is 20.1 Å². The zero-order valence-corrected chi connectivity index (χ0v) is 14.4. The van der Waals surface area contributed by atoms with E-state index in [2.05, 4.69) is 39.2 Å². The molecule has 1 atom stereocenters. The zero-order valence-electron chi connectivity index (χ0n) is 14.4. The molecule has 2 fully saturated rings. The van der Waals surface area contributed by atoms with Crippen molar-refractivity contribution in [1.29, 1.82) is 0 Å². The molecule has 3 heterocycles. The molecule has 1 unspecified atom stereocenters. The van der Waals surface area contributed by atoms with Gasteiger partial charge in [-0.3, -0.25) is 0 Å². The van der Waals surface area contributed by atoms with E-state index in [9.17, 15) is 0 Å². The van der Waals surface area contributed by atoms with E-state index in [1.165, 1.54) is 13.0 Å². The van der Waals surface area contributed by atoms with E-state index >= 15 is 0 Å². The number of likely N-dealkylation sites (tertiary alicyclic amines) is 1. The molecule has 0 aliphatic carbocycles. The topological polar surface area (TPSA) is 63.2 Å². The first kappa shape index (κ1) is 16.6. The average molecular weight is 319 g/mol. The van der Waals surface area contributed by atoms with E-state index in [0.29, 0.717) is 12.0 Å². The summed E-state index contributed by atoms with van der Waals surface area (Å²) in [7, 11) is 0. The van der Waals surface area contributed by atoms with E-state index in [1.54, 1.807) is 0 Å². The van der Waals surface area contributed by atoms with Crippen LogP contribution in [0.15, 0.2) is 0 Å². The number of aryl methyl sites for hydroxylation is 2. The van der Waals surface area contributed by atoms with Gasteiger partial charge in [0.05, 0.1) is 18.0 Å². The van der Waals surface area contributed by atoms with E-state index < -0.39 is 0 Å². The fourth-order valence-corrected chi connectivity index (χ4v) is 3.53.